The molecule has 16 heteroatoms. The molecule has 9 nitrogen and oxygen atoms in total. The molecule has 7 atom stereocenters. The van der Waals surface area contributed by atoms with Gasteiger partial charge in [0.25, 0.3) is 0 Å². The summed E-state index contributed by atoms with van der Waals surface area (Å²) in [6, 6.07) is 4.66. The third kappa shape index (κ3) is 6.73. The van der Waals surface area contributed by atoms with E-state index >= 15 is 0 Å². The zero-order valence-electron chi connectivity index (χ0n) is 24.0. The summed E-state index contributed by atoms with van der Waals surface area (Å²) in [4.78, 5) is 0. The highest BCUT2D eigenvalue weighted by Gasteiger charge is 2.53. The number of thioether (sulfide) groups is 1. The molecule has 45 heavy (non-hydrogen) atoms. The fourth-order valence-electron chi connectivity index (χ4n) is 5.96. The minimum absolute atomic E-state index is 0.0374. The van der Waals surface area contributed by atoms with Crippen LogP contribution >= 0.6 is 11.8 Å². The summed E-state index contributed by atoms with van der Waals surface area (Å²) in [5.74, 6) is -4.66. The summed E-state index contributed by atoms with van der Waals surface area (Å²) in [5, 5.41) is 50.8. The average Bonchev–Trinajstić information content (AvgIpc) is 3.44. The van der Waals surface area contributed by atoms with Crippen LogP contribution in [0.5, 0.6) is 0 Å². The summed E-state index contributed by atoms with van der Waals surface area (Å²) < 4.78 is 96.4. The van der Waals surface area contributed by atoms with Gasteiger partial charge in [-0.05, 0) is 37.6 Å². The van der Waals surface area contributed by atoms with Gasteiger partial charge in [0.15, 0.2) is 17.5 Å². The van der Waals surface area contributed by atoms with E-state index in [1.165, 1.54) is 18.2 Å². The van der Waals surface area contributed by atoms with E-state index in [0.717, 1.165) is 16.9 Å². The van der Waals surface area contributed by atoms with Gasteiger partial charge in [0.05, 0.1) is 41.4 Å². The Balaban J connectivity index is 1.53. The van der Waals surface area contributed by atoms with Gasteiger partial charge < -0.3 is 29.9 Å². The van der Waals surface area contributed by atoms with Crippen LogP contribution in [0.4, 0.5) is 26.3 Å². The Labute approximate surface area is 257 Å². The lowest BCUT2D eigenvalue weighted by Gasteiger charge is -2.48. The monoisotopic (exact) mass is 663 g/mol. The molecule has 3 aromatic rings. The van der Waals surface area contributed by atoms with Crippen LogP contribution in [0.25, 0.3) is 11.3 Å². The number of alkyl halides is 3. The molecule has 4 N–H and O–H groups in total. The zero-order chi connectivity index (χ0) is 32.9. The third-order valence-electron chi connectivity index (χ3n) is 8.01. The number of benzene rings is 2. The fraction of sp³-hybridized carbons (Fsp3) is 0.517. The maximum absolute atomic E-state index is 14.2. The number of ether oxygens (including phenoxy) is 2. The van der Waals surface area contributed by atoms with Crippen molar-refractivity contribution in [2.24, 2.45) is 0 Å². The van der Waals surface area contributed by atoms with E-state index in [9.17, 15) is 46.8 Å². The minimum Gasteiger partial charge on any atom is -0.394 e. The average molecular weight is 664 g/mol. The molecule has 0 radical (unpaired) electrons. The first-order valence-corrected chi connectivity index (χ1v) is 14.9. The first-order valence-electron chi connectivity index (χ1n) is 13.9. The second-order valence-electron chi connectivity index (χ2n) is 11.8. The molecule has 0 bridgehead atoms. The number of aromatic nitrogens is 3. The Hall–Kier alpha value is -2.73. The molecule has 2 saturated heterocycles. The number of hydrogen-bond donors (Lipinski definition) is 4. The van der Waals surface area contributed by atoms with Crippen LogP contribution in [-0.4, -0.2) is 83.6 Å². The molecule has 2 aliphatic rings. The molecular formula is C29H31F6N3O6S. The Morgan fingerprint density at radius 2 is 1.76 bits per heavy atom. The first kappa shape index (κ1) is 33.6. The molecule has 1 aromatic heterocycles. The molecule has 2 fully saturated rings. The molecule has 1 unspecified atom stereocenters. The van der Waals surface area contributed by atoms with Crippen molar-refractivity contribution in [2.45, 2.75) is 79.1 Å². The topological polar surface area (TPSA) is 130 Å². The van der Waals surface area contributed by atoms with Crippen LogP contribution in [0.1, 0.15) is 49.1 Å². The van der Waals surface area contributed by atoms with Crippen molar-refractivity contribution in [3.05, 3.63) is 71.2 Å². The van der Waals surface area contributed by atoms with Crippen molar-refractivity contribution in [3.63, 3.8) is 0 Å². The normalized spacial score (nSPS) is 29.5. The molecule has 2 aliphatic heterocycles. The lowest BCUT2D eigenvalue weighted by Crippen LogP contribution is -2.56. The Bertz CT molecular complexity index is 1500. The zero-order valence-corrected chi connectivity index (χ0v) is 24.8. The van der Waals surface area contributed by atoms with Gasteiger partial charge in [-0.25, -0.2) is 17.9 Å². The van der Waals surface area contributed by atoms with Crippen LogP contribution in [0.3, 0.4) is 0 Å². The number of halogens is 6. The lowest BCUT2D eigenvalue weighted by atomic mass is 9.79. The Morgan fingerprint density at radius 3 is 2.38 bits per heavy atom. The van der Waals surface area contributed by atoms with Gasteiger partial charge in [0.2, 0.25) is 0 Å². The van der Waals surface area contributed by atoms with Crippen LogP contribution in [-0.2, 0) is 15.7 Å². The van der Waals surface area contributed by atoms with E-state index in [1.54, 1.807) is 13.8 Å². The molecule has 3 heterocycles. The highest BCUT2D eigenvalue weighted by molar-refractivity contribution is 8.00. The molecule has 0 amide bonds. The van der Waals surface area contributed by atoms with Gasteiger partial charge in [-0.15, -0.1) is 16.9 Å². The largest absolute Gasteiger partial charge is 0.416 e. The number of aliphatic hydroxyl groups is 4. The third-order valence-corrected chi connectivity index (χ3v) is 9.63. The van der Waals surface area contributed by atoms with E-state index in [0.29, 0.717) is 23.9 Å². The standard InChI is InChI=1S/C29H31F6N3O6S/c1-27(2)13-28(42,7-8-43-27)25(15-5-3-4-6-16(15)29(33,34)35)45-26-24(41)22(23(40)20(12-39)44-26)38-11-19(36-37-38)14-9-17(30)21(32)18(31)10-14/h3-6,9-11,20,22-26,39-42H,7-8,12-13H2,1-2H3/t20-,22+,23+,24-,25?,26+,28+/m1/s1. The molecule has 246 valence electrons. The van der Waals surface area contributed by atoms with Crippen molar-refractivity contribution in [1.82, 2.24) is 15.0 Å². The molecular weight excluding hydrogens is 632 g/mol. The van der Waals surface area contributed by atoms with Gasteiger partial charge >= 0.3 is 6.18 Å². The fourth-order valence-corrected chi connectivity index (χ4v) is 7.57. The number of hydrogen-bond acceptors (Lipinski definition) is 9. The van der Waals surface area contributed by atoms with E-state index in [2.05, 4.69) is 10.3 Å². The van der Waals surface area contributed by atoms with Crippen molar-refractivity contribution >= 4 is 11.8 Å². The minimum atomic E-state index is -4.79. The molecule has 0 saturated carbocycles. The SMILES string of the molecule is CC1(C)C[C@](O)(C(S[C@@H]2O[C@H](CO)[C@H](O)[C@H](n3cc(-c4cc(F)c(F)c(F)c4)nn3)[C@H]2O)c2ccccc2C(F)(F)F)CCO1. The Morgan fingerprint density at radius 1 is 1.09 bits per heavy atom. The summed E-state index contributed by atoms with van der Waals surface area (Å²) in [6.07, 6.45) is -8.51. The van der Waals surface area contributed by atoms with E-state index in [4.69, 9.17) is 9.47 Å². The second kappa shape index (κ2) is 12.5. The van der Waals surface area contributed by atoms with Crippen LogP contribution in [0.15, 0.2) is 42.6 Å². The van der Waals surface area contributed by atoms with Gasteiger partial charge in [-0.3, -0.25) is 0 Å². The van der Waals surface area contributed by atoms with Crippen LogP contribution < -0.4 is 0 Å². The van der Waals surface area contributed by atoms with Crippen molar-refractivity contribution in [3.8, 4) is 11.3 Å². The van der Waals surface area contributed by atoms with Crippen LogP contribution in [0, 0.1) is 17.5 Å². The summed E-state index contributed by atoms with van der Waals surface area (Å²) in [6.45, 7) is 2.65. The molecule has 0 spiro atoms. The maximum atomic E-state index is 14.2. The number of rotatable bonds is 7. The predicted molar refractivity (Wildman–Crippen MR) is 148 cm³/mol. The lowest BCUT2D eigenvalue weighted by molar-refractivity contribution is -0.179. The predicted octanol–water partition coefficient (Wildman–Crippen LogP) is 4.16. The number of nitrogens with zero attached hydrogens (tertiary/aromatic N) is 3. The second-order valence-corrected chi connectivity index (χ2v) is 13.0. The smallest absolute Gasteiger partial charge is 0.394 e. The molecule has 0 aliphatic carbocycles. The van der Waals surface area contributed by atoms with Crippen molar-refractivity contribution < 1.29 is 56.2 Å². The van der Waals surface area contributed by atoms with Gasteiger partial charge in [-0.1, -0.05) is 23.4 Å². The van der Waals surface area contributed by atoms with E-state index < -0.39 is 82.0 Å². The quantitative estimate of drug-likeness (QED) is 0.218. The van der Waals surface area contributed by atoms with E-state index in [-0.39, 0.29) is 36.3 Å². The summed E-state index contributed by atoms with van der Waals surface area (Å²) in [5.41, 5.74) is -5.75. The van der Waals surface area contributed by atoms with E-state index in [1.807, 2.05) is 0 Å². The van der Waals surface area contributed by atoms with Crippen molar-refractivity contribution in [1.29, 1.82) is 0 Å². The first-order chi connectivity index (χ1) is 21.0. The summed E-state index contributed by atoms with van der Waals surface area (Å²) >= 11 is 0.689. The van der Waals surface area contributed by atoms with Gasteiger partial charge in [-0.2, -0.15) is 13.2 Å². The van der Waals surface area contributed by atoms with Crippen LogP contribution in [0.2, 0.25) is 0 Å². The highest BCUT2D eigenvalue weighted by Crippen LogP contribution is 2.53. The van der Waals surface area contributed by atoms with Crippen molar-refractivity contribution in [2.75, 3.05) is 13.2 Å². The Kier molecular flexibility index (Phi) is 9.32. The maximum Gasteiger partial charge on any atom is 0.416 e. The molecule has 2 aromatic carbocycles. The summed E-state index contributed by atoms with van der Waals surface area (Å²) in [7, 11) is 0. The van der Waals surface area contributed by atoms with Gasteiger partial charge in [0, 0.05) is 18.4 Å². The number of aliphatic hydroxyl groups excluding tert-OH is 3. The highest BCUT2D eigenvalue weighted by atomic mass is 32.2. The molecule has 5 rings (SSSR count). The van der Waals surface area contributed by atoms with Gasteiger partial charge in [0.1, 0.15) is 35.5 Å².